The molecule has 2 bridgehead atoms. The van der Waals surface area contributed by atoms with Crippen LogP contribution in [0.5, 0.6) is 5.75 Å². The molecule has 0 aromatic heterocycles. The molecule has 1 amide bonds. The number of benzene rings is 1. The largest absolute Gasteiger partial charge is 0.502 e. The lowest BCUT2D eigenvalue weighted by Crippen LogP contribution is -2.57. The van der Waals surface area contributed by atoms with Crippen LogP contribution < -0.4 is 5.32 Å². The average Bonchev–Trinajstić information content (AvgIpc) is 2.48. The van der Waals surface area contributed by atoms with Crippen molar-refractivity contribution >= 4 is 11.6 Å². The van der Waals surface area contributed by atoms with Crippen LogP contribution in [0.15, 0.2) is 18.2 Å². The fourth-order valence-corrected chi connectivity index (χ4v) is 3.24. The molecule has 1 aromatic carbocycles. The second-order valence-electron chi connectivity index (χ2n) is 5.65. The van der Waals surface area contributed by atoms with E-state index in [-0.39, 0.29) is 11.6 Å². The van der Waals surface area contributed by atoms with Crippen molar-refractivity contribution in [3.8, 4) is 5.75 Å². The molecule has 3 fully saturated rings. The van der Waals surface area contributed by atoms with Crippen LogP contribution in [0.25, 0.3) is 0 Å². The van der Waals surface area contributed by atoms with Gasteiger partial charge in [-0.15, -0.1) is 0 Å². The molecule has 0 radical (unpaired) electrons. The quantitative estimate of drug-likeness (QED) is 0.643. The van der Waals surface area contributed by atoms with Gasteiger partial charge in [-0.3, -0.25) is 14.9 Å². The Morgan fingerprint density at radius 1 is 1.38 bits per heavy atom. The zero-order chi connectivity index (χ0) is 15.0. The number of nitro benzene ring substituents is 1. The molecule has 0 spiro atoms. The number of amides is 1. The summed E-state index contributed by atoms with van der Waals surface area (Å²) in [5, 5.41) is 23.6. The van der Waals surface area contributed by atoms with E-state index < -0.39 is 22.3 Å². The maximum atomic E-state index is 12.3. The van der Waals surface area contributed by atoms with E-state index in [1.165, 1.54) is 18.2 Å². The normalized spacial score (nSPS) is 27.3. The first-order valence-electron chi connectivity index (χ1n) is 7.06. The zero-order valence-electron chi connectivity index (χ0n) is 11.5. The molecule has 0 aliphatic carbocycles. The molecule has 21 heavy (non-hydrogen) atoms. The highest BCUT2D eigenvalue weighted by molar-refractivity contribution is 5.98. The predicted octanol–water partition coefficient (Wildman–Crippen LogP) is 1.12. The van der Waals surface area contributed by atoms with Crippen LogP contribution >= 0.6 is 0 Å². The second-order valence-corrected chi connectivity index (χ2v) is 5.65. The minimum absolute atomic E-state index is 0.0411. The standard InChI is InChI=1S/C14H17N3O4/c18-13-10(2-1-3-12(13)17(20)21)14(19)15-11-8-16-6-4-9(11)5-7-16/h1-3,9,11,18H,4-8H2,(H,15,19). The first-order chi connectivity index (χ1) is 10.1. The van der Waals surface area contributed by atoms with E-state index in [0.717, 1.165) is 32.5 Å². The molecule has 3 aliphatic rings. The Labute approximate surface area is 121 Å². The number of hydrogen-bond donors (Lipinski definition) is 2. The van der Waals surface area contributed by atoms with Crippen molar-refractivity contribution < 1.29 is 14.8 Å². The van der Waals surface area contributed by atoms with Gasteiger partial charge in [-0.1, -0.05) is 6.07 Å². The Hall–Kier alpha value is -2.15. The number of aromatic hydroxyl groups is 1. The smallest absolute Gasteiger partial charge is 0.311 e. The topological polar surface area (TPSA) is 95.7 Å². The van der Waals surface area contributed by atoms with Gasteiger partial charge in [-0.05, 0) is 37.9 Å². The number of phenols is 1. The lowest BCUT2D eigenvalue weighted by Gasteiger charge is -2.44. The van der Waals surface area contributed by atoms with Gasteiger partial charge in [0.15, 0.2) is 0 Å². The average molecular weight is 291 g/mol. The maximum absolute atomic E-state index is 12.3. The third-order valence-electron chi connectivity index (χ3n) is 4.43. The van der Waals surface area contributed by atoms with Crippen molar-refractivity contribution in [1.82, 2.24) is 10.2 Å². The van der Waals surface area contributed by atoms with E-state index in [2.05, 4.69) is 10.2 Å². The summed E-state index contributed by atoms with van der Waals surface area (Å²) in [7, 11) is 0. The lowest BCUT2D eigenvalue weighted by molar-refractivity contribution is -0.385. The minimum Gasteiger partial charge on any atom is -0.502 e. The molecular weight excluding hydrogens is 274 g/mol. The highest BCUT2D eigenvalue weighted by Gasteiger charge is 2.35. The molecule has 7 heteroatoms. The van der Waals surface area contributed by atoms with Gasteiger partial charge in [0.1, 0.15) is 0 Å². The second kappa shape index (κ2) is 5.33. The number of para-hydroxylation sites is 1. The number of hydrogen-bond acceptors (Lipinski definition) is 5. The van der Waals surface area contributed by atoms with Crippen LogP contribution in [0.2, 0.25) is 0 Å². The molecule has 7 nitrogen and oxygen atoms in total. The molecule has 0 saturated carbocycles. The van der Waals surface area contributed by atoms with Gasteiger partial charge in [-0.25, -0.2) is 0 Å². The van der Waals surface area contributed by atoms with Gasteiger partial charge in [0.05, 0.1) is 10.5 Å². The third-order valence-corrected chi connectivity index (χ3v) is 4.43. The fourth-order valence-electron chi connectivity index (χ4n) is 3.24. The number of nitrogens with zero attached hydrogens (tertiary/aromatic N) is 2. The molecule has 1 unspecified atom stereocenters. The summed E-state index contributed by atoms with van der Waals surface area (Å²) in [6.07, 6.45) is 2.12. The van der Waals surface area contributed by atoms with Crippen molar-refractivity contribution in [1.29, 1.82) is 0 Å². The van der Waals surface area contributed by atoms with Gasteiger partial charge >= 0.3 is 5.69 Å². The number of carbonyl (C=O) groups is 1. The van der Waals surface area contributed by atoms with Gasteiger partial charge in [0, 0.05) is 18.7 Å². The Balaban J connectivity index is 1.77. The number of phenolic OH excluding ortho intramolecular Hbond substituents is 1. The van der Waals surface area contributed by atoms with Crippen molar-refractivity contribution in [2.75, 3.05) is 19.6 Å². The van der Waals surface area contributed by atoms with Crippen LogP contribution in [0.1, 0.15) is 23.2 Å². The van der Waals surface area contributed by atoms with Gasteiger partial charge in [0.25, 0.3) is 5.91 Å². The summed E-state index contributed by atoms with van der Waals surface area (Å²) in [5.41, 5.74) is -0.489. The zero-order valence-corrected chi connectivity index (χ0v) is 11.5. The Morgan fingerprint density at radius 3 is 2.67 bits per heavy atom. The molecule has 3 aliphatic heterocycles. The number of piperidine rings is 3. The SMILES string of the molecule is O=C(NC1CN2CCC1CC2)c1cccc([N+](=O)[O-])c1O. The number of fused-ring (bicyclic) bond motifs is 3. The predicted molar refractivity (Wildman–Crippen MR) is 75.2 cm³/mol. The number of nitro groups is 1. The van der Waals surface area contributed by atoms with Crippen LogP contribution in [0.3, 0.4) is 0 Å². The third kappa shape index (κ3) is 2.56. The van der Waals surface area contributed by atoms with E-state index in [9.17, 15) is 20.0 Å². The summed E-state index contributed by atoms with van der Waals surface area (Å²) >= 11 is 0. The molecule has 2 N–H and O–H groups in total. The lowest BCUT2D eigenvalue weighted by atomic mass is 9.84. The first-order valence-corrected chi connectivity index (χ1v) is 7.06. The summed E-state index contributed by atoms with van der Waals surface area (Å²) in [6, 6.07) is 4.04. The number of rotatable bonds is 3. The highest BCUT2D eigenvalue weighted by Crippen LogP contribution is 2.31. The summed E-state index contributed by atoms with van der Waals surface area (Å²) in [5.74, 6) is -0.559. The van der Waals surface area contributed by atoms with E-state index in [0.29, 0.717) is 5.92 Å². The molecule has 112 valence electrons. The Bertz CT molecular complexity index is 582. The van der Waals surface area contributed by atoms with Gasteiger partial charge in [0.2, 0.25) is 5.75 Å². The van der Waals surface area contributed by atoms with E-state index in [4.69, 9.17) is 0 Å². The van der Waals surface area contributed by atoms with Gasteiger partial charge in [-0.2, -0.15) is 0 Å². The monoisotopic (exact) mass is 291 g/mol. The maximum Gasteiger partial charge on any atom is 0.311 e. The van der Waals surface area contributed by atoms with Crippen LogP contribution in [0.4, 0.5) is 5.69 Å². The van der Waals surface area contributed by atoms with Crippen molar-refractivity contribution in [3.63, 3.8) is 0 Å². The molecule has 1 atom stereocenters. The Kier molecular flexibility index (Phi) is 3.50. The summed E-state index contributed by atoms with van der Waals surface area (Å²) in [6.45, 7) is 2.95. The summed E-state index contributed by atoms with van der Waals surface area (Å²) < 4.78 is 0. The molecule has 3 saturated heterocycles. The molecule has 4 rings (SSSR count). The van der Waals surface area contributed by atoms with Crippen molar-refractivity contribution in [3.05, 3.63) is 33.9 Å². The van der Waals surface area contributed by atoms with Crippen LogP contribution in [-0.4, -0.2) is 46.5 Å². The van der Waals surface area contributed by atoms with Crippen molar-refractivity contribution in [2.45, 2.75) is 18.9 Å². The number of carbonyl (C=O) groups excluding carboxylic acids is 1. The fraction of sp³-hybridized carbons (Fsp3) is 0.500. The summed E-state index contributed by atoms with van der Waals surface area (Å²) in [4.78, 5) is 24.7. The molecule has 1 aromatic rings. The number of nitrogens with one attached hydrogen (secondary N) is 1. The van der Waals surface area contributed by atoms with E-state index in [1.807, 2.05) is 0 Å². The Morgan fingerprint density at radius 2 is 2.10 bits per heavy atom. The van der Waals surface area contributed by atoms with Crippen LogP contribution in [-0.2, 0) is 0 Å². The highest BCUT2D eigenvalue weighted by atomic mass is 16.6. The van der Waals surface area contributed by atoms with Crippen molar-refractivity contribution in [2.24, 2.45) is 5.92 Å². The first kappa shape index (κ1) is 13.8. The molecular formula is C14H17N3O4. The molecule has 3 heterocycles. The van der Waals surface area contributed by atoms with E-state index >= 15 is 0 Å². The minimum atomic E-state index is -0.694. The van der Waals surface area contributed by atoms with E-state index in [1.54, 1.807) is 0 Å². The van der Waals surface area contributed by atoms with Gasteiger partial charge < -0.3 is 15.3 Å². The van der Waals surface area contributed by atoms with Crippen LogP contribution in [0, 0.1) is 16.0 Å².